The molecule has 2 N–H and O–H groups in total. The predicted molar refractivity (Wildman–Crippen MR) is 81.5 cm³/mol. The number of anilines is 2. The maximum absolute atomic E-state index is 5.15. The van der Waals surface area contributed by atoms with E-state index in [0.29, 0.717) is 0 Å². The first-order valence-electron chi connectivity index (χ1n) is 5.68. The van der Waals surface area contributed by atoms with Crippen molar-refractivity contribution in [2.24, 2.45) is 0 Å². The van der Waals surface area contributed by atoms with Crippen LogP contribution in [-0.2, 0) is 0 Å². The Kier molecular flexibility index (Phi) is 2.89. The second-order valence-electron chi connectivity index (χ2n) is 4.17. The van der Waals surface area contributed by atoms with Gasteiger partial charge in [0.05, 0.1) is 10.2 Å². The molecule has 0 aliphatic carbocycles. The Labute approximate surface area is 114 Å². The molecule has 0 saturated heterocycles. The maximum Gasteiger partial charge on any atom is 0.159 e. The fourth-order valence-corrected chi connectivity index (χ4v) is 3.05. The van der Waals surface area contributed by atoms with Crippen LogP contribution in [0.25, 0.3) is 10.2 Å². The van der Waals surface area contributed by atoms with E-state index in [9.17, 15) is 0 Å². The van der Waals surface area contributed by atoms with Crippen molar-refractivity contribution in [2.45, 2.75) is 6.92 Å². The fourth-order valence-electron chi connectivity index (χ4n) is 1.89. The highest BCUT2D eigenvalue weighted by Gasteiger charge is 2.01. The van der Waals surface area contributed by atoms with Gasteiger partial charge in [0.1, 0.15) is 0 Å². The SMILES string of the molecule is Cc1ccccc1Nc1ccc2[nH]c(=S)sc2c1. The highest BCUT2D eigenvalue weighted by molar-refractivity contribution is 7.73. The molecule has 4 heteroatoms. The molecule has 0 unspecified atom stereocenters. The van der Waals surface area contributed by atoms with Crippen LogP contribution in [0.2, 0.25) is 0 Å². The number of nitrogens with one attached hydrogen (secondary N) is 2. The van der Waals surface area contributed by atoms with Crippen LogP contribution in [0, 0.1) is 10.9 Å². The minimum atomic E-state index is 0.818. The monoisotopic (exact) mass is 272 g/mol. The Morgan fingerprint density at radius 1 is 1.17 bits per heavy atom. The van der Waals surface area contributed by atoms with E-state index in [2.05, 4.69) is 47.6 Å². The Morgan fingerprint density at radius 3 is 2.83 bits per heavy atom. The van der Waals surface area contributed by atoms with Crippen molar-refractivity contribution in [3.05, 3.63) is 52.0 Å². The van der Waals surface area contributed by atoms with Crippen molar-refractivity contribution in [3.63, 3.8) is 0 Å². The zero-order chi connectivity index (χ0) is 12.5. The average Bonchev–Trinajstić information content (AvgIpc) is 2.71. The van der Waals surface area contributed by atoms with Gasteiger partial charge in [0.25, 0.3) is 0 Å². The highest BCUT2D eigenvalue weighted by Crippen LogP contribution is 2.26. The van der Waals surface area contributed by atoms with Crippen molar-refractivity contribution in [2.75, 3.05) is 5.32 Å². The molecule has 3 aromatic rings. The molecule has 0 aliphatic rings. The smallest absolute Gasteiger partial charge is 0.159 e. The van der Waals surface area contributed by atoms with Gasteiger partial charge < -0.3 is 10.3 Å². The second kappa shape index (κ2) is 4.55. The summed E-state index contributed by atoms with van der Waals surface area (Å²) >= 11 is 6.75. The molecule has 1 heterocycles. The van der Waals surface area contributed by atoms with E-state index in [1.165, 1.54) is 10.3 Å². The number of para-hydroxylation sites is 1. The molecule has 0 radical (unpaired) electrons. The predicted octanol–water partition coefficient (Wildman–Crippen LogP) is 5.01. The summed E-state index contributed by atoms with van der Waals surface area (Å²) in [5.74, 6) is 0. The van der Waals surface area contributed by atoms with Crippen LogP contribution in [0.3, 0.4) is 0 Å². The van der Waals surface area contributed by atoms with E-state index < -0.39 is 0 Å². The Bertz CT molecular complexity index is 756. The minimum absolute atomic E-state index is 0.818. The van der Waals surface area contributed by atoms with E-state index >= 15 is 0 Å². The number of hydrogen-bond donors (Lipinski definition) is 2. The number of thiazole rings is 1. The van der Waals surface area contributed by atoms with Gasteiger partial charge in [-0.3, -0.25) is 0 Å². The first kappa shape index (κ1) is 11.4. The molecule has 1 aromatic heterocycles. The van der Waals surface area contributed by atoms with E-state index in [1.807, 2.05) is 12.1 Å². The van der Waals surface area contributed by atoms with Crippen molar-refractivity contribution >= 4 is 45.1 Å². The number of aromatic nitrogens is 1. The second-order valence-corrected chi connectivity index (χ2v) is 5.88. The van der Waals surface area contributed by atoms with Crippen LogP contribution in [0.15, 0.2) is 42.5 Å². The van der Waals surface area contributed by atoms with Crippen LogP contribution in [0.4, 0.5) is 11.4 Å². The molecule has 3 rings (SSSR count). The first-order valence-corrected chi connectivity index (χ1v) is 6.90. The first-order chi connectivity index (χ1) is 8.72. The Balaban J connectivity index is 2.00. The molecule has 0 atom stereocenters. The van der Waals surface area contributed by atoms with Gasteiger partial charge in [-0.15, -0.1) is 11.3 Å². The van der Waals surface area contributed by atoms with Gasteiger partial charge in [0.15, 0.2) is 3.95 Å². The molecule has 2 aromatic carbocycles. The number of H-pyrrole nitrogens is 1. The number of aromatic amines is 1. The lowest BCUT2D eigenvalue weighted by molar-refractivity contribution is 1.43. The molecule has 0 bridgehead atoms. The van der Waals surface area contributed by atoms with Crippen molar-refractivity contribution < 1.29 is 0 Å². The topological polar surface area (TPSA) is 27.8 Å². The van der Waals surface area contributed by atoms with E-state index in [0.717, 1.165) is 20.8 Å². The molecule has 0 saturated carbocycles. The van der Waals surface area contributed by atoms with E-state index in [4.69, 9.17) is 12.2 Å². The Morgan fingerprint density at radius 2 is 2.00 bits per heavy atom. The van der Waals surface area contributed by atoms with Gasteiger partial charge in [0.2, 0.25) is 0 Å². The van der Waals surface area contributed by atoms with Crippen molar-refractivity contribution in [3.8, 4) is 0 Å². The molecule has 0 aliphatic heterocycles. The number of benzene rings is 2. The summed E-state index contributed by atoms with van der Waals surface area (Å²) in [6.07, 6.45) is 0. The zero-order valence-corrected chi connectivity index (χ0v) is 11.5. The molecule has 0 fully saturated rings. The number of aryl methyl sites for hydroxylation is 1. The van der Waals surface area contributed by atoms with Crippen LogP contribution in [-0.4, -0.2) is 4.98 Å². The van der Waals surface area contributed by atoms with Crippen LogP contribution < -0.4 is 5.32 Å². The summed E-state index contributed by atoms with van der Waals surface area (Å²) in [6.45, 7) is 2.10. The summed E-state index contributed by atoms with van der Waals surface area (Å²) in [6, 6.07) is 14.5. The molecular formula is C14H12N2S2. The molecule has 90 valence electrons. The van der Waals surface area contributed by atoms with E-state index in [1.54, 1.807) is 11.3 Å². The molecular weight excluding hydrogens is 260 g/mol. The summed E-state index contributed by atoms with van der Waals surface area (Å²) in [7, 11) is 0. The minimum Gasteiger partial charge on any atom is -0.355 e. The van der Waals surface area contributed by atoms with Gasteiger partial charge in [-0.2, -0.15) is 0 Å². The maximum atomic E-state index is 5.15. The van der Waals surface area contributed by atoms with Crippen LogP contribution in [0.1, 0.15) is 5.56 Å². The zero-order valence-electron chi connectivity index (χ0n) is 9.86. The van der Waals surface area contributed by atoms with Crippen molar-refractivity contribution in [1.82, 2.24) is 4.98 Å². The third kappa shape index (κ3) is 2.17. The number of fused-ring (bicyclic) bond motifs is 1. The lowest BCUT2D eigenvalue weighted by Gasteiger charge is -2.09. The van der Waals surface area contributed by atoms with Gasteiger partial charge >= 0.3 is 0 Å². The Hall–Kier alpha value is -1.65. The average molecular weight is 272 g/mol. The lowest BCUT2D eigenvalue weighted by atomic mass is 10.2. The quantitative estimate of drug-likeness (QED) is 0.642. The molecule has 2 nitrogen and oxygen atoms in total. The number of hydrogen-bond acceptors (Lipinski definition) is 3. The fraction of sp³-hybridized carbons (Fsp3) is 0.0714. The third-order valence-corrected chi connectivity index (χ3v) is 4.04. The summed E-state index contributed by atoms with van der Waals surface area (Å²) < 4.78 is 2.00. The summed E-state index contributed by atoms with van der Waals surface area (Å²) in [5.41, 5.74) is 4.55. The standard InChI is InChI=1S/C14H12N2S2/c1-9-4-2-3-5-11(9)15-10-6-7-12-13(8-10)18-14(17)16-12/h2-8,15H,1H3,(H,16,17). The van der Waals surface area contributed by atoms with Crippen LogP contribution >= 0.6 is 23.6 Å². The summed E-state index contributed by atoms with van der Waals surface area (Å²) in [5, 5.41) is 3.43. The van der Waals surface area contributed by atoms with Gasteiger partial charge in [-0.25, -0.2) is 0 Å². The van der Waals surface area contributed by atoms with Gasteiger partial charge in [-0.05, 0) is 49.0 Å². The largest absolute Gasteiger partial charge is 0.355 e. The van der Waals surface area contributed by atoms with Gasteiger partial charge in [-0.1, -0.05) is 18.2 Å². The molecule has 0 amide bonds. The lowest BCUT2D eigenvalue weighted by Crippen LogP contribution is -1.92. The van der Waals surface area contributed by atoms with E-state index in [-0.39, 0.29) is 0 Å². The molecule has 18 heavy (non-hydrogen) atoms. The molecule has 0 spiro atoms. The van der Waals surface area contributed by atoms with Crippen LogP contribution in [0.5, 0.6) is 0 Å². The highest BCUT2D eigenvalue weighted by atomic mass is 32.1. The normalized spacial score (nSPS) is 10.7. The van der Waals surface area contributed by atoms with Gasteiger partial charge in [0, 0.05) is 11.4 Å². The summed E-state index contributed by atoms with van der Waals surface area (Å²) in [4.78, 5) is 3.17. The third-order valence-electron chi connectivity index (χ3n) is 2.85. The van der Waals surface area contributed by atoms with Crippen molar-refractivity contribution in [1.29, 1.82) is 0 Å². The number of rotatable bonds is 2.